The van der Waals surface area contributed by atoms with Crippen molar-refractivity contribution in [2.75, 3.05) is 51.3 Å². The van der Waals surface area contributed by atoms with Crippen LogP contribution in [-0.4, -0.2) is 82.7 Å². The molecule has 0 bridgehead atoms. The van der Waals surface area contributed by atoms with Gasteiger partial charge in [0.1, 0.15) is 18.7 Å². The first-order valence-corrected chi connectivity index (χ1v) is 12.8. The molecule has 1 amide bonds. The Morgan fingerprint density at radius 3 is 2.45 bits per heavy atom. The summed E-state index contributed by atoms with van der Waals surface area (Å²) in [5.41, 5.74) is 2.92. The second-order valence-electron chi connectivity index (χ2n) is 8.71. The third-order valence-corrected chi connectivity index (χ3v) is 6.90. The number of hydrogen-bond donors (Lipinski definition) is 1. The molecule has 4 aromatic rings. The molecule has 38 heavy (non-hydrogen) atoms. The van der Waals surface area contributed by atoms with Crippen LogP contribution in [-0.2, 0) is 14.3 Å². The number of rotatable bonds is 7. The Bertz CT molecular complexity index is 1470. The van der Waals surface area contributed by atoms with Crippen LogP contribution in [0.4, 0.5) is 5.82 Å². The van der Waals surface area contributed by atoms with Gasteiger partial charge in [-0.1, -0.05) is 35.3 Å². The summed E-state index contributed by atoms with van der Waals surface area (Å²) >= 11 is 12.7. The molecule has 0 aliphatic carbocycles. The molecule has 0 atom stereocenters. The molecule has 1 aliphatic rings. The van der Waals surface area contributed by atoms with Crippen LogP contribution in [0.25, 0.3) is 28.2 Å². The molecule has 5 rings (SSSR count). The fraction of sp³-hybridized carbons (Fsp3) is 0.269. The second kappa shape index (κ2) is 11.3. The minimum Gasteiger partial charge on any atom is -0.468 e. The van der Waals surface area contributed by atoms with Crippen molar-refractivity contribution in [3.8, 4) is 17.1 Å². The first-order valence-electron chi connectivity index (χ1n) is 12.0. The number of piperazine rings is 1. The average molecular weight is 554 g/mol. The van der Waals surface area contributed by atoms with Crippen molar-refractivity contribution in [2.45, 2.75) is 0 Å². The van der Waals surface area contributed by atoms with E-state index in [4.69, 9.17) is 28.2 Å². The highest BCUT2D eigenvalue weighted by atomic mass is 35.5. The second-order valence-corrected chi connectivity index (χ2v) is 9.56. The minimum absolute atomic E-state index is 0.141. The lowest BCUT2D eigenvalue weighted by Gasteiger charge is -2.34. The summed E-state index contributed by atoms with van der Waals surface area (Å²) in [5.74, 6) is 0.658. The van der Waals surface area contributed by atoms with Gasteiger partial charge in [-0.25, -0.2) is 15.0 Å². The van der Waals surface area contributed by atoms with Gasteiger partial charge in [0.05, 0.1) is 18.7 Å². The zero-order valence-corrected chi connectivity index (χ0v) is 22.1. The number of ether oxygens (including phenoxy) is 1. The number of carbonyl (C=O) groups excluding carboxylic acids is 2. The number of amides is 1. The SMILES string of the molecule is COC(=O)CNC(=O)CN1CCN(c2ncnc3c2nc(-c2ccccc2Cl)n3-c2ccc(Cl)cc2)CC1. The zero-order chi connectivity index (χ0) is 26.6. The molecule has 2 aromatic heterocycles. The summed E-state index contributed by atoms with van der Waals surface area (Å²) in [7, 11) is 1.29. The largest absolute Gasteiger partial charge is 0.468 e. The van der Waals surface area contributed by atoms with E-state index in [0.717, 1.165) is 11.3 Å². The summed E-state index contributed by atoms with van der Waals surface area (Å²) in [6.45, 7) is 2.64. The van der Waals surface area contributed by atoms with Crippen LogP contribution >= 0.6 is 23.2 Å². The molecular formula is C26H25Cl2N7O3. The number of imidazole rings is 1. The highest BCUT2D eigenvalue weighted by Crippen LogP contribution is 2.34. The average Bonchev–Trinajstić information content (AvgIpc) is 3.32. The van der Waals surface area contributed by atoms with E-state index >= 15 is 0 Å². The van der Waals surface area contributed by atoms with Gasteiger partial charge in [-0.3, -0.25) is 19.1 Å². The molecule has 0 radical (unpaired) electrons. The predicted molar refractivity (Wildman–Crippen MR) is 146 cm³/mol. The van der Waals surface area contributed by atoms with E-state index < -0.39 is 5.97 Å². The number of nitrogens with zero attached hydrogens (tertiary/aromatic N) is 6. The standard InChI is InChI=1S/C26H25Cl2N7O3/c1-38-22(37)14-29-21(36)15-33-10-12-34(13-11-33)25-23-26(31-16-30-25)35(18-8-6-17(27)7-9-18)24(32-23)19-4-2-3-5-20(19)28/h2-9,16H,10-15H2,1H3,(H,29,36). The molecule has 0 spiro atoms. The Kier molecular flexibility index (Phi) is 7.73. The quantitative estimate of drug-likeness (QED) is 0.348. The smallest absolute Gasteiger partial charge is 0.325 e. The Labute approximate surface area is 229 Å². The van der Waals surface area contributed by atoms with Gasteiger partial charge in [0.25, 0.3) is 0 Å². The Morgan fingerprint density at radius 1 is 1.00 bits per heavy atom. The van der Waals surface area contributed by atoms with E-state index in [2.05, 4.69) is 24.9 Å². The van der Waals surface area contributed by atoms with Crippen molar-refractivity contribution in [3.63, 3.8) is 0 Å². The summed E-state index contributed by atoms with van der Waals surface area (Å²) < 4.78 is 6.52. The number of nitrogens with one attached hydrogen (secondary N) is 1. The van der Waals surface area contributed by atoms with Gasteiger partial charge in [-0.05, 0) is 36.4 Å². The maximum Gasteiger partial charge on any atom is 0.325 e. The number of methoxy groups -OCH3 is 1. The van der Waals surface area contributed by atoms with E-state index in [1.807, 2.05) is 58.0 Å². The van der Waals surface area contributed by atoms with Crippen LogP contribution in [0, 0.1) is 0 Å². The summed E-state index contributed by atoms with van der Waals surface area (Å²) in [6, 6.07) is 15.0. The van der Waals surface area contributed by atoms with Gasteiger partial charge < -0.3 is 15.0 Å². The molecule has 1 saturated heterocycles. The van der Waals surface area contributed by atoms with Crippen molar-refractivity contribution in [1.82, 2.24) is 29.7 Å². The van der Waals surface area contributed by atoms with E-state index in [9.17, 15) is 9.59 Å². The predicted octanol–water partition coefficient (Wildman–Crippen LogP) is 3.20. The highest BCUT2D eigenvalue weighted by Gasteiger charge is 2.25. The van der Waals surface area contributed by atoms with Crippen molar-refractivity contribution in [1.29, 1.82) is 0 Å². The van der Waals surface area contributed by atoms with Crippen LogP contribution in [0.2, 0.25) is 10.0 Å². The molecular weight excluding hydrogens is 529 g/mol. The van der Waals surface area contributed by atoms with Gasteiger partial charge in [0, 0.05) is 42.5 Å². The third kappa shape index (κ3) is 5.42. The fourth-order valence-electron chi connectivity index (χ4n) is 4.39. The first-order chi connectivity index (χ1) is 18.4. The molecule has 10 nitrogen and oxygen atoms in total. The molecule has 196 valence electrons. The summed E-state index contributed by atoms with van der Waals surface area (Å²) in [5, 5.41) is 3.78. The van der Waals surface area contributed by atoms with Crippen LogP contribution in [0.15, 0.2) is 54.9 Å². The Hall–Kier alpha value is -3.73. The first kappa shape index (κ1) is 25.9. The normalized spacial score (nSPS) is 14.0. The van der Waals surface area contributed by atoms with Crippen molar-refractivity contribution in [2.24, 2.45) is 0 Å². The number of halogens is 2. The molecule has 1 fully saturated rings. The molecule has 12 heteroatoms. The maximum atomic E-state index is 12.2. The number of hydrogen-bond acceptors (Lipinski definition) is 8. The lowest BCUT2D eigenvalue weighted by Crippen LogP contribution is -2.50. The fourth-order valence-corrected chi connectivity index (χ4v) is 4.74. The number of anilines is 1. The van der Waals surface area contributed by atoms with E-state index in [0.29, 0.717) is 59.0 Å². The third-order valence-electron chi connectivity index (χ3n) is 6.32. The maximum absolute atomic E-state index is 12.2. The molecule has 3 heterocycles. The molecule has 1 aliphatic heterocycles. The Morgan fingerprint density at radius 2 is 1.74 bits per heavy atom. The van der Waals surface area contributed by atoms with Crippen molar-refractivity contribution >= 4 is 52.1 Å². The molecule has 0 unspecified atom stereocenters. The van der Waals surface area contributed by atoms with Gasteiger partial charge >= 0.3 is 5.97 Å². The van der Waals surface area contributed by atoms with Crippen molar-refractivity contribution in [3.05, 3.63) is 64.9 Å². The van der Waals surface area contributed by atoms with Gasteiger partial charge in [0.15, 0.2) is 17.0 Å². The van der Waals surface area contributed by atoms with Crippen LogP contribution < -0.4 is 10.2 Å². The minimum atomic E-state index is -0.481. The topological polar surface area (TPSA) is 105 Å². The number of carbonyl (C=O) groups is 2. The lowest BCUT2D eigenvalue weighted by molar-refractivity contribution is -0.141. The Balaban J connectivity index is 1.43. The van der Waals surface area contributed by atoms with E-state index in [1.54, 1.807) is 0 Å². The lowest BCUT2D eigenvalue weighted by atomic mass is 10.2. The van der Waals surface area contributed by atoms with Crippen LogP contribution in [0.1, 0.15) is 0 Å². The van der Waals surface area contributed by atoms with E-state index in [-0.39, 0.29) is 19.0 Å². The summed E-state index contributed by atoms with van der Waals surface area (Å²) in [4.78, 5) is 41.8. The van der Waals surface area contributed by atoms with E-state index in [1.165, 1.54) is 13.4 Å². The van der Waals surface area contributed by atoms with Crippen LogP contribution in [0.5, 0.6) is 0 Å². The molecule has 2 aromatic carbocycles. The molecule has 1 N–H and O–H groups in total. The van der Waals surface area contributed by atoms with Gasteiger partial charge in [0.2, 0.25) is 5.91 Å². The van der Waals surface area contributed by atoms with Gasteiger partial charge in [-0.2, -0.15) is 0 Å². The number of benzene rings is 2. The van der Waals surface area contributed by atoms with Gasteiger partial charge in [-0.15, -0.1) is 0 Å². The van der Waals surface area contributed by atoms with Crippen molar-refractivity contribution < 1.29 is 14.3 Å². The summed E-state index contributed by atoms with van der Waals surface area (Å²) in [6.07, 6.45) is 1.54. The highest BCUT2D eigenvalue weighted by molar-refractivity contribution is 6.33. The van der Waals surface area contributed by atoms with Crippen LogP contribution in [0.3, 0.4) is 0 Å². The number of esters is 1. The molecule has 0 saturated carbocycles. The number of aromatic nitrogens is 4. The zero-order valence-electron chi connectivity index (χ0n) is 20.6. The number of fused-ring (bicyclic) bond motifs is 1. The monoisotopic (exact) mass is 553 g/mol.